The molecule has 1 aliphatic heterocycles. The first-order valence-electron chi connectivity index (χ1n) is 6.85. The molecule has 0 saturated carbocycles. The largest absolute Gasteiger partial charge is 0.347 e. The molecule has 2 N–H and O–H groups in total. The molecule has 0 aliphatic carbocycles. The molecule has 1 aliphatic rings. The predicted molar refractivity (Wildman–Crippen MR) is 84.9 cm³/mol. The Morgan fingerprint density at radius 3 is 3.05 bits per heavy atom. The van der Waals surface area contributed by atoms with Gasteiger partial charge >= 0.3 is 0 Å². The highest BCUT2D eigenvalue weighted by Crippen LogP contribution is 2.33. The van der Waals surface area contributed by atoms with E-state index in [9.17, 15) is 4.79 Å². The van der Waals surface area contributed by atoms with Gasteiger partial charge in [0.05, 0.1) is 4.88 Å². The number of halogens is 1. The van der Waals surface area contributed by atoms with Crippen molar-refractivity contribution in [3.8, 4) is 0 Å². The second kappa shape index (κ2) is 5.72. The summed E-state index contributed by atoms with van der Waals surface area (Å²) < 4.78 is 1.10. The van der Waals surface area contributed by atoms with E-state index in [0.717, 1.165) is 46.5 Å². The quantitative estimate of drug-likeness (QED) is 0.893. The molecule has 5 heteroatoms. The van der Waals surface area contributed by atoms with Crippen LogP contribution in [0, 0.1) is 6.92 Å². The second-order valence-electron chi connectivity index (χ2n) is 5.23. The Bertz CT molecular complexity index is 608. The van der Waals surface area contributed by atoms with E-state index >= 15 is 0 Å². The van der Waals surface area contributed by atoms with Gasteiger partial charge in [-0.15, -0.1) is 11.3 Å². The third kappa shape index (κ3) is 2.68. The number of amides is 1. The SMILES string of the molecule is Cc1ccc(Cl)c2cc(C(=O)NC3CCCNC3)sc12. The zero-order valence-corrected chi connectivity index (χ0v) is 12.9. The summed E-state index contributed by atoms with van der Waals surface area (Å²) in [6.07, 6.45) is 2.16. The Hall–Kier alpha value is -1.10. The number of rotatable bonds is 2. The summed E-state index contributed by atoms with van der Waals surface area (Å²) in [6.45, 7) is 3.95. The number of carbonyl (C=O) groups excluding carboxylic acids is 1. The maximum Gasteiger partial charge on any atom is 0.261 e. The molecule has 2 aromatic rings. The number of thiophene rings is 1. The standard InChI is InChI=1S/C15H17ClN2OS/c1-9-4-5-12(16)11-7-13(20-14(9)11)15(19)18-10-3-2-6-17-8-10/h4-5,7,10,17H,2-3,6,8H2,1H3,(H,18,19). The van der Waals surface area contributed by atoms with Gasteiger partial charge in [0.25, 0.3) is 5.91 Å². The van der Waals surface area contributed by atoms with Crippen LogP contribution in [0.5, 0.6) is 0 Å². The lowest BCUT2D eigenvalue weighted by Crippen LogP contribution is -2.45. The van der Waals surface area contributed by atoms with Crippen molar-refractivity contribution in [3.05, 3.63) is 33.7 Å². The first-order chi connectivity index (χ1) is 9.65. The Balaban J connectivity index is 1.84. The highest BCUT2D eigenvalue weighted by atomic mass is 35.5. The minimum atomic E-state index is 0.00960. The van der Waals surface area contributed by atoms with Crippen molar-refractivity contribution in [1.29, 1.82) is 0 Å². The zero-order valence-electron chi connectivity index (χ0n) is 11.3. The number of benzene rings is 1. The first kappa shape index (κ1) is 13.9. The molecular formula is C15H17ClN2OS. The summed E-state index contributed by atoms with van der Waals surface area (Å²) in [5.41, 5.74) is 1.16. The van der Waals surface area contributed by atoms with Gasteiger partial charge in [-0.05, 0) is 44.0 Å². The van der Waals surface area contributed by atoms with Crippen LogP contribution in [0.1, 0.15) is 28.1 Å². The summed E-state index contributed by atoms with van der Waals surface area (Å²) in [7, 11) is 0. The molecule has 3 rings (SSSR count). The fourth-order valence-electron chi connectivity index (χ4n) is 2.57. The maximum absolute atomic E-state index is 12.3. The number of nitrogens with one attached hydrogen (secondary N) is 2. The summed E-state index contributed by atoms with van der Waals surface area (Å²) in [4.78, 5) is 13.1. The van der Waals surface area contributed by atoms with Gasteiger partial charge in [0.15, 0.2) is 0 Å². The van der Waals surface area contributed by atoms with Crippen LogP contribution >= 0.6 is 22.9 Å². The van der Waals surface area contributed by atoms with E-state index in [4.69, 9.17) is 11.6 Å². The van der Waals surface area contributed by atoms with Gasteiger partial charge in [0, 0.05) is 27.7 Å². The van der Waals surface area contributed by atoms with Crippen LogP contribution in [0.2, 0.25) is 5.02 Å². The maximum atomic E-state index is 12.3. The van der Waals surface area contributed by atoms with Crippen LogP contribution in [0.3, 0.4) is 0 Å². The van der Waals surface area contributed by atoms with Crippen LogP contribution in [0.25, 0.3) is 10.1 Å². The number of hydrogen-bond acceptors (Lipinski definition) is 3. The summed E-state index contributed by atoms with van der Waals surface area (Å²) in [5, 5.41) is 8.09. The second-order valence-corrected chi connectivity index (χ2v) is 6.69. The van der Waals surface area contributed by atoms with Crippen LogP contribution in [-0.2, 0) is 0 Å². The first-order valence-corrected chi connectivity index (χ1v) is 8.05. The molecule has 1 unspecified atom stereocenters. The van der Waals surface area contributed by atoms with Gasteiger partial charge < -0.3 is 10.6 Å². The lowest BCUT2D eigenvalue weighted by atomic mass is 10.1. The molecule has 1 fully saturated rings. The summed E-state index contributed by atoms with van der Waals surface area (Å²) in [5.74, 6) is 0.00960. The van der Waals surface area contributed by atoms with Crippen molar-refractivity contribution in [2.24, 2.45) is 0 Å². The molecule has 2 heterocycles. The monoisotopic (exact) mass is 308 g/mol. The van der Waals surface area contributed by atoms with Gasteiger partial charge in [0.1, 0.15) is 0 Å². The van der Waals surface area contributed by atoms with Crippen LogP contribution in [0.4, 0.5) is 0 Å². The number of carbonyl (C=O) groups is 1. The predicted octanol–water partition coefficient (Wildman–Crippen LogP) is 3.34. The van der Waals surface area contributed by atoms with Gasteiger partial charge in [-0.2, -0.15) is 0 Å². The highest BCUT2D eigenvalue weighted by molar-refractivity contribution is 7.21. The Morgan fingerprint density at radius 2 is 2.35 bits per heavy atom. The van der Waals surface area contributed by atoms with Crippen LogP contribution in [-0.4, -0.2) is 25.0 Å². The average molecular weight is 309 g/mol. The summed E-state index contributed by atoms with van der Waals surface area (Å²) in [6, 6.07) is 6.02. The van der Waals surface area contributed by atoms with Crippen molar-refractivity contribution < 1.29 is 4.79 Å². The third-order valence-corrected chi connectivity index (χ3v) is 5.28. The van der Waals surface area contributed by atoms with E-state index in [-0.39, 0.29) is 11.9 Å². The van der Waals surface area contributed by atoms with Crippen molar-refractivity contribution >= 4 is 38.9 Å². The van der Waals surface area contributed by atoms with E-state index in [1.54, 1.807) is 0 Å². The van der Waals surface area contributed by atoms with Gasteiger partial charge in [0.2, 0.25) is 0 Å². The minimum Gasteiger partial charge on any atom is -0.347 e. The third-order valence-electron chi connectivity index (χ3n) is 3.68. The lowest BCUT2D eigenvalue weighted by Gasteiger charge is -2.23. The molecular weight excluding hydrogens is 292 g/mol. The number of hydrogen-bond donors (Lipinski definition) is 2. The van der Waals surface area contributed by atoms with Gasteiger partial charge in [-0.1, -0.05) is 17.7 Å². The fourth-order valence-corrected chi connectivity index (χ4v) is 3.89. The molecule has 1 atom stereocenters. The molecule has 1 aromatic carbocycles. The van der Waals surface area contributed by atoms with E-state index in [0.29, 0.717) is 5.02 Å². The smallest absolute Gasteiger partial charge is 0.261 e. The van der Waals surface area contributed by atoms with E-state index in [1.165, 1.54) is 11.3 Å². The van der Waals surface area contributed by atoms with Crippen molar-refractivity contribution in [2.45, 2.75) is 25.8 Å². The molecule has 20 heavy (non-hydrogen) atoms. The highest BCUT2D eigenvalue weighted by Gasteiger charge is 2.18. The van der Waals surface area contributed by atoms with Gasteiger partial charge in [-0.25, -0.2) is 0 Å². The minimum absolute atomic E-state index is 0.00960. The Morgan fingerprint density at radius 1 is 1.50 bits per heavy atom. The molecule has 0 bridgehead atoms. The van der Waals surface area contributed by atoms with E-state index < -0.39 is 0 Å². The van der Waals surface area contributed by atoms with E-state index in [2.05, 4.69) is 10.6 Å². The van der Waals surface area contributed by atoms with Gasteiger partial charge in [-0.3, -0.25) is 4.79 Å². The lowest BCUT2D eigenvalue weighted by molar-refractivity contribution is 0.0935. The molecule has 1 amide bonds. The Kier molecular flexibility index (Phi) is 3.96. The van der Waals surface area contributed by atoms with Crippen LogP contribution < -0.4 is 10.6 Å². The van der Waals surface area contributed by atoms with Crippen molar-refractivity contribution in [1.82, 2.24) is 10.6 Å². The molecule has 1 saturated heterocycles. The number of fused-ring (bicyclic) bond motifs is 1. The molecule has 0 spiro atoms. The molecule has 1 aromatic heterocycles. The normalized spacial score (nSPS) is 19.2. The number of piperidine rings is 1. The van der Waals surface area contributed by atoms with E-state index in [1.807, 2.05) is 25.1 Å². The fraction of sp³-hybridized carbons (Fsp3) is 0.400. The molecule has 0 radical (unpaired) electrons. The zero-order chi connectivity index (χ0) is 14.1. The summed E-state index contributed by atoms with van der Waals surface area (Å²) >= 11 is 7.72. The topological polar surface area (TPSA) is 41.1 Å². The average Bonchev–Trinajstić information content (AvgIpc) is 2.91. The van der Waals surface area contributed by atoms with Crippen LogP contribution in [0.15, 0.2) is 18.2 Å². The van der Waals surface area contributed by atoms with Crippen molar-refractivity contribution in [3.63, 3.8) is 0 Å². The molecule has 106 valence electrons. The number of aryl methyl sites for hydroxylation is 1. The van der Waals surface area contributed by atoms with Crippen molar-refractivity contribution in [2.75, 3.05) is 13.1 Å². The molecule has 3 nitrogen and oxygen atoms in total. The Labute approximate surface area is 127 Å².